The summed E-state index contributed by atoms with van der Waals surface area (Å²) < 4.78 is 49.3. The number of nitrogens with one attached hydrogen (secondary N) is 1. The van der Waals surface area contributed by atoms with E-state index in [1.807, 2.05) is 5.32 Å². The summed E-state index contributed by atoms with van der Waals surface area (Å²) in [6, 6.07) is 1.77. The van der Waals surface area contributed by atoms with Crippen LogP contribution < -0.4 is 5.32 Å². The number of aryl methyl sites for hydroxylation is 1. The molecule has 0 unspecified atom stereocenters. The highest BCUT2D eigenvalue weighted by atomic mass is 19.3. The van der Waals surface area contributed by atoms with Gasteiger partial charge in [0.1, 0.15) is 11.6 Å². The van der Waals surface area contributed by atoms with Crippen molar-refractivity contribution in [2.45, 2.75) is 26.2 Å². The van der Waals surface area contributed by atoms with Crippen LogP contribution in [-0.4, -0.2) is 29.1 Å². The zero-order chi connectivity index (χ0) is 13.9. The average Bonchev–Trinajstić information content (AvgIpc) is 2.30. The van der Waals surface area contributed by atoms with Crippen molar-refractivity contribution in [2.24, 2.45) is 0 Å². The van der Waals surface area contributed by atoms with Gasteiger partial charge in [-0.15, -0.1) is 5.10 Å². The average molecular weight is 262 g/mol. The number of aromatic nitrogens is 2. The minimum atomic E-state index is -4.19. The second-order valence-electron chi connectivity index (χ2n) is 3.66. The molecule has 0 spiro atoms. The summed E-state index contributed by atoms with van der Waals surface area (Å²) in [5, 5.41) is 18.0. The highest BCUT2D eigenvalue weighted by Gasteiger charge is 2.40. The summed E-state index contributed by atoms with van der Waals surface area (Å²) >= 11 is 0. The van der Waals surface area contributed by atoms with Gasteiger partial charge in [-0.3, -0.25) is 0 Å². The number of halogens is 4. The van der Waals surface area contributed by atoms with Gasteiger partial charge in [-0.1, -0.05) is 0 Å². The third-order valence-electron chi connectivity index (χ3n) is 2.38. The molecule has 4 nitrogen and oxygen atoms in total. The predicted molar refractivity (Wildman–Crippen MR) is 55.7 cm³/mol. The lowest BCUT2D eigenvalue weighted by molar-refractivity contribution is -0.117. The first-order valence-electron chi connectivity index (χ1n) is 4.93. The van der Waals surface area contributed by atoms with Gasteiger partial charge in [0, 0.05) is 0 Å². The lowest BCUT2D eigenvalue weighted by Gasteiger charge is -2.16. The molecule has 18 heavy (non-hydrogen) atoms. The Kier molecular flexibility index (Phi) is 4.06. The molecule has 0 bridgehead atoms. The standard InChI is InChI=1S/C10H10F4N4/c1-5-6(2)17-18-8(7(5)3-15)16-4-10(13,14)9(11)12/h9H,4H2,1-2H3,(H,16,18). The molecule has 1 aromatic rings. The van der Waals surface area contributed by atoms with Crippen LogP contribution in [0.5, 0.6) is 0 Å². The molecule has 0 amide bonds. The number of hydrogen-bond acceptors (Lipinski definition) is 4. The van der Waals surface area contributed by atoms with E-state index in [-0.39, 0.29) is 11.4 Å². The van der Waals surface area contributed by atoms with Gasteiger partial charge in [-0.25, -0.2) is 8.78 Å². The van der Waals surface area contributed by atoms with E-state index in [4.69, 9.17) is 5.26 Å². The molecule has 0 saturated heterocycles. The van der Waals surface area contributed by atoms with Gasteiger partial charge in [0.25, 0.3) is 0 Å². The SMILES string of the molecule is Cc1nnc(NCC(F)(F)C(F)F)c(C#N)c1C. The summed E-state index contributed by atoms with van der Waals surface area (Å²) in [7, 11) is 0. The fourth-order valence-electron chi connectivity index (χ4n) is 1.15. The highest BCUT2D eigenvalue weighted by Crippen LogP contribution is 2.24. The van der Waals surface area contributed by atoms with E-state index in [0.717, 1.165) is 0 Å². The quantitative estimate of drug-likeness (QED) is 0.845. The Morgan fingerprint density at radius 1 is 1.33 bits per heavy atom. The number of hydrogen-bond donors (Lipinski definition) is 1. The molecule has 0 fully saturated rings. The number of alkyl halides is 4. The third-order valence-corrected chi connectivity index (χ3v) is 2.38. The summed E-state index contributed by atoms with van der Waals surface area (Å²) in [6.07, 6.45) is -3.78. The Hall–Kier alpha value is -1.91. The molecule has 1 N–H and O–H groups in total. The Bertz CT molecular complexity index is 482. The Balaban J connectivity index is 2.94. The van der Waals surface area contributed by atoms with Crippen LogP contribution in [0.4, 0.5) is 23.4 Å². The van der Waals surface area contributed by atoms with Crippen LogP contribution in [0.15, 0.2) is 0 Å². The van der Waals surface area contributed by atoms with E-state index < -0.39 is 18.9 Å². The van der Waals surface area contributed by atoms with Gasteiger partial charge in [0.2, 0.25) is 0 Å². The Morgan fingerprint density at radius 2 is 1.94 bits per heavy atom. The van der Waals surface area contributed by atoms with Crippen LogP contribution in [0.3, 0.4) is 0 Å². The maximum Gasteiger partial charge on any atom is 0.324 e. The van der Waals surface area contributed by atoms with Crippen molar-refractivity contribution in [1.82, 2.24) is 10.2 Å². The molecule has 0 atom stereocenters. The van der Waals surface area contributed by atoms with Crippen molar-refractivity contribution in [3.8, 4) is 6.07 Å². The zero-order valence-electron chi connectivity index (χ0n) is 9.64. The van der Waals surface area contributed by atoms with Crippen molar-refractivity contribution >= 4 is 5.82 Å². The van der Waals surface area contributed by atoms with E-state index in [1.54, 1.807) is 19.9 Å². The smallest absolute Gasteiger partial charge is 0.324 e. The molecule has 0 aliphatic carbocycles. The fraction of sp³-hybridized carbons (Fsp3) is 0.500. The van der Waals surface area contributed by atoms with Gasteiger partial charge < -0.3 is 5.32 Å². The normalized spacial score (nSPS) is 11.4. The molecular formula is C10H10F4N4. The number of rotatable bonds is 4. The summed E-state index contributed by atoms with van der Waals surface area (Å²) in [5.41, 5.74) is 0.959. The molecule has 0 aliphatic heterocycles. The van der Waals surface area contributed by atoms with Crippen molar-refractivity contribution in [3.63, 3.8) is 0 Å². The Labute approximate surface area is 101 Å². The first-order valence-corrected chi connectivity index (χ1v) is 4.93. The third kappa shape index (κ3) is 2.85. The second kappa shape index (κ2) is 5.16. The number of nitriles is 1. The topological polar surface area (TPSA) is 61.6 Å². The maximum absolute atomic E-state index is 12.7. The molecule has 0 saturated carbocycles. The van der Waals surface area contributed by atoms with Crippen LogP contribution in [0, 0.1) is 25.2 Å². The molecule has 0 aromatic carbocycles. The number of anilines is 1. The minimum absolute atomic E-state index is 0.0209. The van der Waals surface area contributed by atoms with Gasteiger partial charge >= 0.3 is 12.3 Å². The molecule has 1 aromatic heterocycles. The van der Waals surface area contributed by atoms with E-state index in [0.29, 0.717) is 11.3 Å². The van der Waals surface area contributed by atoms with Gasteiger partial charge in [0.05, 0.1) is 12.2 Å². The monoisotopic (exact) mass is 262 g/mol. The van der Waals surface area contributed by atoms with Crippen LogP contribution in [0.2, 0.25) is 0 Å². The lowest BCUT2D eigenvalue weighted by Crippen LogP contribution is -2.35. The highest BCUT2D eigenvalue weighted by molar-refractivity contribution is 5.55. The zero-order valence-corrected chi connectivity index (χ0v) is 9.64. The van der Waals surface area contributed by atoms with E-state index in [2.05, 4.69) is 10.2 Å². The molecule has 0 radical (unpaired) electrons. The van der Waals surface area contributed by atoms with Crippen molar-refractivity contribution in [1.29, 1.82) is 5.26 Å². The molecule has 0 aliphatic rings. The van der Waals surface area contributed by atoms with E-state index >= 15 is 0 Å². The Morgan fingerprint density at radius 3 is 2.44 bits per heavy atom. The van der Waals surface area contributed by atoms with Crippen molar-refractivity contribution in [2.75, 3.05) is 11.9 Å². The lowest BCUT2D eigenvalue weighted by atomic mass is 10.1. The van der Waals surface area contributed by atoms with Crippen LogP contribution in [0.25, 0.3) is 0 Å². The maximum atomic E-state index is 12.7. The summed E-state index contributed by atoms with van der Waals surface area (Å²) in [6.45, 7) is 1.86. The van der Waals surface area contributed by atoms with E-state index in [9.17, 15) is 17.6 Å². The molecule has 8 heteroatoms. The molecular weight excluding hydrogens is 252 g/mol. The molecule has 98 valence electrons. The van der Waals surface area contributed by atoms with Gasteiger partial charge in [-0.05, 0) is 19.4 Å². The second-order valence-corrected chi connectivity index (χ2v) is 3.66. The van der Waals surface area contributed by atoms with E-state index in [1.165, 1.54) is 0 Å². The van der Waals surface area contributed by atoms with Gasteiger partial charge in [-0.2, -0.15) is 19.1 Å². The number of nitrogens with zero attached hydrogens (tertiary/aromatic N) is 3. The first-order chi connectivity index (χ1) is 8.29. The molecule has 1 heterocycles. The minimum Gasteiger partial charge on any atom is -0.361 e. The predicted octanol–water partition coefficient (Wildman–Crippen LogP) is 2.28. The van der Waals surface area contributed by atoms with Gasteiger partial charge in [0.15, 0.2) is 5.82 Å². The fourth-order valence-corrected chi connectivity index (χ4v) is 1.15. The molecule has 1 rings (SSSR count). The van der Waals surface area contributed by atoms with Crippen LogP contribution in [0.1, 0.15) is 16.8 Å². The van der Waals surface area contributed by atoms with Crippen molar-refractivity contribution in [3.05, 3.63) is 16.8 Å². The summed E-state index contributed by atoms with van der Waals surface area (Å²) in [5.74, 6) is -4.41. The van der Waals surface area contributed by atoms with Crippen LogP contribution >= 0.6 is 0 Å². The first kappa shape index (κ1) is 14.2. The van der Waals surface area contributed by atoms with Crippen LogP contribution in [-0.2, 0) is 0 Å². The largest absolute Gasteiger partial charge is 0.361 e. The van der Waals surface area contributed by atoms with Crippen molar-refractivity contribution < 1.29 is 17.6 Å². The summed E-state index contributed by atoms with van der Waals surface area (Å²) in [4.78, 5) is 0.